The molecule has 84 valence electrons. The van der Waals surface area contributed by atoms with Gasteiger partial charge in [0, 0.05) is 0 Å². The Bertz CT molecular complexity index is 306. The molecule has 0 atom stereocenters. The standard InChI is InChI=1S/C14H23N/c1-11-8-12(2)10-13(9-11)14(3,4)6-7-15-5/h8-10,15H,6-7H2,1-5H3. The average molecular weight is 205 g/mol. The molecule has 1 N–H and O–H groups in total. The van der Waals surface area contributed by atoms with Crippen molar-refractivity contribution in [2.75, 3.05) is 13.6 Å². The SMILES string of the molecule is CNCCC(C)(C)c1cc(C)cc(C)c1. The third kappa shape index (κ3) is 3.35. The highest BCUT2D eigenvalue weighted by atomic mass is 14.8. The van der Waals surface area contributed by atoms with Crippen LogP contribution >= 0.6 is 0 Å². The average Bonchev–Trinajstić information content (AvgIpc) is 2.13. The van der Waals surface area contributed by atoms with E-state index in [9.17, 15) is 0 Å². The molecule has 0 aliphatic carbocycles. The van der Waals surface area contributed by atoms with Crippen LogP contribution in [0.15, 0.2) is 18.2 Å². The van der Waals surface area contributed by atoms with Gasteiger partial charge in [-0.05, 0) is 44.8 Å². The van der Waals surface area contributed by atoms with Gasteiger partial charge < -0.3 is 5.32 Å². The topological polar surface area (TPSA) is 12.0 Å². The van der Waals surface area contributed by atoms with E-state index in [1.807, 2.05) is 7.05 Å². The van der Waals surface area contributed by atoms with Crippen molar-refractivity contribution in [1.29, 1.82) is 0 Å². The molecule has 0 saturated carbocycles. The fraction of sp³-hybridized carbons (Fsp3) is 0.571. The Kier molecular flexibility index (Phi) is 3.92. The summed E-state index contributed by atoms with van der Waals surface area (Å²) in [7, 11) is 2.01. The van der Waals surface area contributed by atoms with Crippen molar-refractivity contribution < 1.29 is 0 Å². The lowest BCUT2D eigenvalue weighted by Crippen LogP contribution is -2.23. The number of aryl methyl sites for hydroxylation is 2. The van der Waals surface area contributed by atoms with Gasteiger partial charge in [-0.25, -0.2) is 0 Å². The van der Waals surface area contributed by atoms with Gasteiger partial charge in [-0.15, -0.1) is 0 Å². The first-order chi connectivity index (χ1) is 6.95. The largest absolute Gasteiger partial charge is 0.320 e. The molecule has 0 bridgehead atoms. The quantitative estimate of drug-likeness (QED) is 0.796. The van der Waals surface area contributed by atoms with E-state index in [4.69, 9.17) is 0 Å². The van der Waals surface area contributed by atoms with Gasteiger partial charge >= 0.3 is 0 Å². The lowest BCUT2D eigenvalue weighted by molar-refractivity contribution is 0.468. The molecule has 0 aromatic heterocycles. The summed E-state index contributed by atoms with van der Waals surface area (Å²) in [5.74, 6) is 0. The predicted molar refractivity (Wildman–Crippen MR) is 67.5 cm³/mol. The predicted octanol–water partition coefficient (Wildman–Crippen LogP) is 3.19. The van der Waals surface area contributed by atoms with E-state index in [1.54, 1.807) is 0 Å². The molecule has 0 unspecified atom stereocenters. The first kappa shape index (κ1) is 12.3. The molecule has 1 aromatic rings. The second-order valence-corrected chi connectivity index (χ2v) is 5.11. The van der Waals surface area contributed by atoms with Crippen molar-refractivity contribution in [3.63, 3.8) is 0 Å². The van der Waals surface area contributed by atoms with Crippen LogP contribution in [0, 0.1) is 13.8 Å². The monoisotopic (exact) mass is 205 g/mol. The first-order valence-electron chi connectivity index (χ1n) is 5.69. The molecule has 1 nitrogen and oxygen atoms in total. The zero-order valence-corrected chi connectivity index (χ0v) is 10.6. The Balaban J connectivity index is 2.93. The molecule has 0 aliphatic rings. The van der Waals surface area contributed by atoms with Gasteiger partial charge in [0.2, 0.25) is 0 Å². The highest BCUT2D eigenvalue weighted by molar-refractivity contribution is 5.33. The van der Waals surface area contributed by atoms with Gasteiger partial charge in [-0.2, -0.15) is 0 Å². The summed E-state index contributed by atoms with van der Waals surface area (Å²) in [4.78, 5) is 0. The molecule has 0 heterocycles. The van der Waals surface area contributed by atoms with Crippen molar-refractivity contribution in [3.8, 4) is 0 Å². The van der Waals surface area contributed by atoms with Crippen LogP contribution in [0.25, 0.3) is 0 Å². The maximum absolute atomic E-state index is 3.22. The lowest BCUT2D eigenvalue weighted by atomic mass is 9.80. The van der Waals surface area contributed by atoms with Crippen LogP contribution < -0.4 is 5.32 Å². The van der Waals surface area contributed by atoms with E-state index in [1.165, 1.54) is 23.1 Å². The van der Waals surface area contributed by atoms with Gasteiger partial charge in [0.05, 0.1) is 0 Å². The number of nitrogens with one attached hydrogen (secondary N) is 1. The van der Waals surface area contributed by atoms with Crippen molar-refractivity contribution >= 4 is 0 Å². The van der Waals surface area contributed by atoms with Gasteiger partial charge in [0.25, 0.3) is 0 Å². The molecule has 0 aliphatic heterocycles. The number of hydrogen-bond donors (Lipinski definition) is 1. The molecule has 1 heteroatoms. The third-order valence-corrected chi connectivity index (χ3v) is 3.00. The van der Waals surface area contributed by atoms with E-state index in [2.05, 4.69) is 51.2 Å². The fourth-order valence-electron chi connectivity index (χ4n) is 1.95. The first-order valence-corrected chi connectivity index (χ1v) is 5.69. The van der Waals surface area contributed by atoms with Crippen molar-refractivity contribution in [2.24, 2.45) is 0 Å². The Hall–Kier alpha value is -0.820. The van der Waals surface area contributed by atoms with Crippen LogP contribution in [0.2, 0.25) is 0 Å². The molecule has 0 fully saturated rings. The zero-order valence-electron chi connectivity index (χ0n) is 10.6. The van der Waals surface area contributed by atoms with E-state index in [0.717, 1.165) is 6.54 Å². The fourth-order valence-corrected chi connectivity index (χ4v) is 1.95. The second kappa shape index (κ2) is 4.80. The maximum atomic E-state index is 3.22. The van der Waals surface area contributed by atoms with Crippen molar-refractivity contribution in [2.45, 2.75) is 39.5 Å². The molecule has 0 spiro atoms. The summed E-state index contributed by atoms with van der Waals surface area (Å²) in [5, 5.41) is 3.22. The van der Waals surface area contributed by atoms with E-state index in [-0.39, 0.29) is 5.41 Å². The molecule has 1 rings (SSSR count). The Morgan fingerprint density at radius 3 is 2.07 bits per heavy atom. The van der Waals surface area contributed by atoms with Crippen LogP contribution in [-0.2, 0) is 5.41 Å². The molecule has 0 radical (unpaired) electrons. The highest BCUT2D eigenvalue weighted by Crippen LogP contribution is 2.28. The van der Waals surface area contributed by atoms with Crippen LogP contribution in [0.3, 0.4) is 0 Å². The van der Waals surface area contributed by atoms with Crippen LogP contribution in [0.5, 0.6) is 0 Å². The third-order valence-electron chi connectivity index (χ3n) is 3.00. The zero-order chi connectivity index (χ0) is 11.5. The molecule has 0 amide bonds. The lowest BCUT2D eigenvalue weighted by Gasteiger charge is -2.26. The molecule has 0 saturated heterocycles. The summed E-state index contributed by atoms with van der Waals surface area (Å²) < 4.78 is 0. The van der Waals surface area contributed by atoms with Gasteiger partial charge in [0.15, 0.2) is 0 Å². The normalized spacial score (nSPS) is 11.8. The van der Waals surface area contributed by atoms with Crippen LogP contribution in [0.1, 0.15) is 37.0 Å². The summed E-state index contributed by atoms with van der Waals surface area (Å²) in [6.45, 7) is 10.0. The Morgan fingerprint density at radius 2 is 1.60 bits per heavy atom. The summed E-state index contributed by atoms with van der Waals surface area (Å²) in [5.41, 5.74) is 4.44. The van der Waals surface area contributed by atoms with Gasteiger partial charge in [-0.1, -0.05) is 43.2 Å². The van der Waals surface area contributed by atoms with E-state index in [0.29, 0.717) is 0 Å². The number of benzene rings is 1. The Labute approximate surface area is 93.9 Å². The minimum Gasteiger partial charge on any atom is -0.320 e. The number of hydrogen-bond acceptors (Lipinski definition) is 1. The minimum atomic E-state index is 0.264. The van der Waals surface area contributed by atoms with Crippen molar-refractivity contribution in [3.05, 3.63) is 34.9 Å². The van der Waals surface area contributed by atoms with Crippen LogP contribution in [-0.4, -0.2) is 13.6 Å². The van der Waals surface area contributed by atoms with Gasteiger partial charge in [-0.3, -0.25) is 0 Å². The molecule has 15 heavy (non-hydrogen) atoms. The summed E-state index contributed by atoms with van der Waals surface area (Å²) in [6, 6.07) is 6.85. The molecular weight excluding hydrogens is 182 g/mol. The minimum absolute atomic E-state index is 0.264. The van der Waals surface area contributed by atoms with E-state index >= 15 is 0 Å². The second-order valence-electron chi connectivity index (χ2n) is 5.11. The van der Waals surface area contributed by atoms with E-state index < -0.39 is 0 Å². The highest BCUT2D eigenvalue weighted by Gasteiger charge is 2.20. The summed E-state index contributed by atoms with van der Waals surface area (Å²) >= 11 is 0. The maximum Gasteiger partial charge on any atom is -0.00436 e. The summed E-state index contributed by atoms with van der Waals surface area (Å²) in [6.07, 6.45) is 1.17. The van der Waals surface area contributed by atoms with Crippen molar-refractivity contribution in [1.82, 2.24) is 5.32 Å². The Morgan fingerprint density at radius 1 is 1.07 bits per heavy atom. The smallest absolute Gasteiger partial charge is 0.00436 e. The number of rotatable bonds is 4. The molecular formula is C14H23N. The van der Waals surface area contributed by atoms with Crippen LogP contribution in [0.4, 0.5) is 0 Å². The van der Waals surface area contributed by atoms with Gasteiger partial charge in [0.1, 0.15) is 0 Å². The molecule has 1 aromatic carbocycles.